The number of nitrogens with one attached hydrogen (secondary N) is 1. The molecule has 4 rings (SSSR count). The number of amides is 1. The van der Waals surface area contributed by atoms with Crippen molar-refractivity contribution in [3.63, 3.8) is 0 Å². The summed E-state index contributed by atoms with van der Waals surface area (Å²) < 4.78 is 13.2. The summed E-state index contributed by atoms with van der Waals surface area (Å²) in [5.41, 5.74) is 2.99. The number of hydrogen-bond donors (Lipinski definition) is 1. The molecule has 0 radical (unpaired) electrons. The average molecular weight is 404 g/mol. The molecule has 7 heteroatoms. The van der Waals surface area contributed by atoms with E-state index in [1.807, 2.05) is 21.9 Å². The van der Waals surface area contributed by atoms with Gasteiger partial charge in [-0.25, -0.2) is 4.39 Å². The van der Waals surface area contributed by atoms with Crippen LogP contribution < -0.4 is 5.32 Å². The number of nitrogens with zero attached hydrogens (tertiary/aromatic N) is 2. The Morgan fingerprint density at radius 1 is 1.22 bits per heavy atom. The van der Waals surface area contributed by atoms with Crippen LogP contribution in [0.25, 0.3) is 0 Å². The van der Waals surface area contributed by atoms with Crippen LogP contribution in [-0.2, 0) is 4.79 Å². The van der Waals surface area contributed by atoms with E-state index in [2.05, 4.69) is 24.4 Å². The van der Waals surface area contributed by atoms with Crippen LogP contribution in [0.5, 0.6) is 0 Å². The number of benzene rings is 2. The monoisotopic (exact) mass is 403 g/mol. The maximum Gasteiger partial charge on any atom is 0.242 e. The van der Waals surface area contributed by atoms with Crippen molar-refractivity contribution < 1.29 is 9.18 Å². The minimum atomic E-state index is -0.409. The lowest BCUT2D eigenvalue weighted by molar-refractivity contribution is -0.139. The van der Waals surface area contributed by atoms with Gasteiger partial charge in [0.25, 0.3) is 0 Å². The molecule has 2 unspecified atom stereocenters. The Morgan fingerprint density at radius 2 is 1.96 bits per heavy atom. The van der Waals surface area contributed by atoms with Crippen LogP contribution in [0, 0.1) is 5.82 Å². The Labute approximate surface area is 167 Å². The van der Waals surface area contributed by atoms with Crippen LogP contribution in [0.2, 0.25) is 5.02 Å². The zero-order valence-electron chi connectivity index (χ0n) is 14.8. The third-order valence-corrected chi connectivity index (χ3v) is 5.91. The maximum atomic E-state index is 13.2. The molecule has 0 aliphatic carbocycles. The number of carbonyl (C=O) groups excluding carboxylic acids is 1. The van der Waals surface area contributed by atoms with Gasteiger partial charge in [0.2, 0.25) is 5.91 Å². The summed E-state index contributed by atoms with van der Waals surface area (Å²) in [6.45, 7) is 3.70. The third kappa shape index (κ3) is 3.39. The first-order valence-corrected chi connectivity index (χ1v) is 9.62. The smallest absolute Gasteiger partial charge is 0.242 e. The van der Waals surface area contributed by atoms with Gasteiger partial charge in [-0.15, -0.1) is 0 Å². The van der Waals surface area contributed by atoms with E-state index in [0.29, 0.717) is 23.3 Å². The summed E-state index contributed by atoms with van der Waals surface area (Å²) in [4.78, 5) is 16.6. The Morgan fingerprint density at radius 3 is 2.70 bits per heavy atom. The topological polar surface area (TPSA) is 35.6 Å². The summed E-state index contributed by atoms with van der Waals surface area (Å²) in [6.07, 6.45) is 0. The number of rotatable bonds is 1. The Balaban J connectivity index is 1.57. The standard InChI is InChI=1S/C20H19ClFN3OS/c1-12-9-25-18(15-5-3-2-4-14(12)15)10-24(11-19(25)26)20(27)23-17-7-6-13(22)8-16(17)21/h2-8,12,18H,9-11H2,1H3,(H,23,27). The lowest BCUT2D eigenvalue weighted by atomic mass is 9.85. The minimum Gasteiger partial charge on any atom is -0.337 e. The van der Waals surface area contributed by atoms with Gasteiger partial charge in [0.1, 0.15) is 5.82 Å². The first kappa shape index (κ1) is 18.2. The fraction of sp³-hybridized carbons (Fsp3) is 0.300. The first-order chi connectivity index (χ1) is 12.9. The fourth-order valence-electron chi connectivity index (χ4n) is 3.89. The molecule has 1 saturated heterocycles. The van der Waals surface area contributed by atoms with Crippen molar-refractivity contribution in [1.82, 2.24) is 9.80 Å². The Bertz CT molecular complexity index is 922. The fourth-order valence-corrected chi connectivity index (χ4v) is 4.35. The first-order valence-electron chi connectivity index (χ1n) is 8.83. The molecule has 2 atom stereocenters. The van der Waals surface area contributed by atoms with E-state index >= 15 is 0 Å². The number of hydrogen-bond acceptors (Lipinski definition) is 2. The second kappa shape index (κ2) is 7.09. The van der Waals surface area contributed by atoms with Gasteiger partial charge < -0.3 is 15.1 Å². The van der Waals surface area contributed by atoms with E-state index in [4.69, 9.17) is 23.8 Å². The second-order valence-corrected chi connectivity index (χ2v) is 7.82. The van der Waals surface area contributed by atoms with Crippen LogP contribution in [0.15, 0.2) is 42.5 Å². The van der Waals surface area contributed by atoms with Crippen molar-refractivity contribution in [3.05, 3.63) is 64.4 Å². The molecule has 0 bridgehead atoms. The predicted molar refractivity (Wildman–Crippen MR) is 109 cm³/mol. The van der Waals surface area contributed by atoms with E-state index in [1.54, 1.807) is 6.07 Å². The van der Waals surface area contributed by atoms with E-state index in [1.165, 1.54) is 23.3 Å². The molecule has 1 amide bonds. The van der Waals surface area contributed by atoms with Gasteiger partial charge in [0.05, 0.1) is 23.3 Å². The van der Waals surface area contributed by atoms with E-state index in [-0.39, 0.29) is 23.5 Å². The molecule has 27 heavy (non-hydrogen) atoms. The quantitative estimate of drug-likeness (QED) is 0.724. The Kier molecular flexibility index (Phi) is 4.78. The lowest BCUT2D eigenvalue weighted by Gasteiger charge is -2.47. The van der Waals surface area contributed by atoms with Crippen molar-refractivity contribution in [2.75, 3.05) is 25.0 Å². The summed E-state index contributed by atoms with van der Waals surface area (Å²) >= 11 is 11.6. The van der Waals surface area contributed by atoms with Crippen LogP contribution in [0.3, 0.4) is 0 Å². The number of fused-ring (bicyclic) bond motifs is 3. The average Bonchev–Trinajstić information content (AvgIpc) is 2.65. The molecule has 140 valence electrons. The number of piperazine rings is 1. The molecule has 1 N–H and O–H groups in total. The summed E-state index contributed by atoms with van der Waals surface area (Å²) in [5.74, 6) is -0.0359. The molecule has 2 aliphatic heterocycles. The van der Waals surface area contributed by atoms with Gasteiger partial charge in [-0.2, -0.15) is 0 Å². The zero-order chi connectivity index (χ0) is 19.1. The number of anilines is 1. The van der Waals surface area contributed by atoms with Gasteiger partial charge in [-0.1, -0.05) is 42.8 Å². The molecule has 4 nitrogen and oxygen atoms in total. The molecule has 0 saturated carbocycles. The van der Waals surface area contributed by atoms with Crippen molar-refractivity contribution in [1.29, 1.82) is 0 Å². The molecular formula is C20H19ClFN3OS. The zero-order valence-corrected chi connectivity index (χ0v) is 16.4. The van der Waals surface area contributed by atoms with E-state index in [9.17, 15) is 9.18 Å². The van der Waals surface area contributed by atoms with Gasteiger partial charge in [0.15, 0.2) is 5.11 Å². The minimum absolute atomic E-state index is 0.0258. The molecule has 1 fully saturated rings. The molecule has 0 spiro atoms. The van der Waals surface area contributed by atoms with E-state index in [0.717, 1.165) is 6.54 Å². The van der Waals surface area contributed by atoms with Crippen LogP contribution in [0.1, 0.15) is 30.0 Å². The van der Waals surface area contributed by atoms with Gasteiger partial charge in [0, 0.05) is 13.1 Å². The van der Waals surface area contributed by atoms with Crippen LogP contribution >= 0.6 is 23.8 Å². The third-order valence-electron chi connectivity index (χ3n) is 5.23. The highest BCUT2D eigenvalue weighted by molar-refractivity contribution is 7.80. The SMILES string of the molecule is CC1CN2C(=O)CN(C(=S)Nc3ccc(F)cc3Cl)CC2c2ccccc21. The highest BCUT2D eigenvalue weighted by Crippen LogP contribution is 2.38. The van der Waals surface area contributed by atoms with Crippen LogP contribution in [-0.4, -0.2) is 40.5 Å². The summed E-state index contributed by atoms with van der Waals surface area (Å²) in [5, 5.41) is 3.70. The molecule has 2 aromatic carbocycles. The van der Waals surface area contributed by atoms with Crippen molar-refractivity contribution in [3.8, 4) is 0 Å². The largest absolute Gasteiger partial charge is 0.337 e. The molecular weight excluding hydrogens is 385 g/mol. The molecule has 0 aromatic heterocycles. The normalized spacial score (nSPS) is 21.5. The second-order valence-electron chi connectivity index (χ2n) is 7.03. The van der Waals surface area contributed by atoms with Gasteiger partial charge in [-0.3, -0.25) is 4.79 Å². The molecule has 2 aliphatic rings. The lowest BCUT2D eigenvalue weighted by Crippen LogP contribution is -2.56. The molecule has 2 aromatic rings. The highest BCUT2D eigenvalue weighted by atomic mass is 35.5. The predicted octanol–water partition coefficient (Wildman–Crippen LogP) is 4.18. The van der Waals surface area contributed by atoms with Gasteiger partial charge >= 0.3 is 0 Å². The van der Waals surface area contributed by atoms with Crippen molar-refractivity contribution >= 4 is 40.5 Å². The highest BCUT2D eigenvalue weighted by Gasteiger charge is 2.39. The molecule has 2 heterocycles. The van der Waals surface area contributed by atoms with Crippen molar-refractivity contribution in [2.24, 2.45) is 0 Å². The number of carbonyl (C=O) groups is 1. The van der Waals surface area contributed by atoms with Gasteiger partial charge in [-0.05, 0) is 47.5 Å². The Hall–Kier alpha value is -2.18. The number of thiocarbonyl (C=S) groups is 1. The summed E-state index contributed by atoms with van der Waals surface area (Å²) in [7, 11) is 0. The van der Waals surface area contributed by atoms with E-state index < -0.39 is 5.82 Å². The van der Waals surface area contributed by atoms with Crippen LogP contribution in [0.4, 0.5) is 10.1 Å². The summed E-state index contributed by atoms with van der Waals surface area (Å²) in [6, 6.07) is 12.3. The maximum absolute atomic E-state index is 13.2. The van der Waals surface area contributed by atoms with Crippen molar-refractivity contribution in [2.45, 2.75) is 18.9 Å². The number of halogens is 2.